The number of hydrogen-bond acceptors (Lipinski definition) is 6. The molecule has 0 saturated carbocycles. The number of ether oxygens (including phenoxy) is 2. The molecule has 2 rings (SSSR count). The van der Waals surface area contributed by atoms with Gasteiger partial charge in [-0.2, -0.15) is 14.0 Å². The van der Waals surface area contributed by atoms with E-state index in [4.69, 9.17) is 10.00 Å². The van der Waals surface area contributed by atoms with Crippen LogP contribution in [-0.4, -0.2) is 24.6 Å². The van der Waals surface area contributed by atoms with E-state index in [1.807, 2.05) is 0 Å². The molecule has 0 aliphatic rings. The van der Waals surface area contributed by atoms with Crippen LogP contribution in [0.4, 0.5) is 13.9 Å². The molecular weight excluding hydrogens is 340 g/mol. The Balaban J connectivity index is 2.24. The maximum absolute atomic E-state index is 12.3. The van der Waals surface area contributed by atoms with Crippen LogP contribution in [0, 0.1) is 11.3 Å². The van der Waals surface area contributed by atoms with Gasteiger partial charge < -0.3 is 9.47 Å². The van der Waals surface area contributed by atoms with Crippen LogP contribution in [0.2, 0.25) is 0 Å². The number of carbonyl (C=O) groups excluding carboxylic acids is 1. The molecule has 0 aliphatic heterocycles. The van der Waals surface area contributed by atoms with Crippen LogP contribution < -0.4 is 14.8 Å². The Kier molecular flexibility index (Phi) is 5.81. The van der Waals surface area contributed by atoms with Gasteiger partial charge in [0.1, 0.15) is 11.6 Å². The zero-order chi connectivity index (χ0) is 17.5. The zero-order valence-electron chi connectivity index (χ0n) is 12.3. The Labute approximate surface area is 140 Å². The van der Waals surface area contributed by atoms with Crippen LogP contribution in [0.3, 0.4) is 0 Å². The molecule has 1 aromatic heterocycles. The van der Waals surface area contributed by atoms with Gasteiger partial charge >= 0.3 is 6.61 Å². The number of alkyl halides is 2. The lowest BCUT2D eigenvalue weighted by atomic mass is 10.1. The summed E-state index contributed by atoms with van der Waals surface area (Å²) in [5.74, 6) is -0.712. The van der Waals surface area contributed by atoms with Crippen molar-refractivity contribution < 1.29 is 23.0 Å². The fraction of sp³-hybridized carbons (Fsp3) is 0.133. The molecule has 0 unspecified atom stereocenters. The Morgan fingerprint density at radius 1 is 1.46 bits per heavy atom. The van der Waals surface area contributed by atoms with E-state index in [0.29, 0.717) is 10.7 Å². The number of nitriles is 1. The van der Waals surface area contributed by atoms with Crippen molar-refractivity contribution in [1.82, 2.24) is 4.98 Å². The molecule has 1 N–H and O–H groups in total. The first kappa shape index (κ1) is 17.4. The van der Waals surface area contributed by atoms with Crippen molar-refractivity contribution >= 4 is 28.5 Å². The van der Waals surface area contributed by atoms with Gasteiger partial charge in [0.2, 0.25) is 0 Å². The highest BCUT2D eigenvalue weighted by atomic mass is 32.1. The van der Waals surface area contributed by atoms with Crippen LogP contribution in [0.25, 0.3) is 6.08 Å². The fourth-order valence-corrected chi connectivity index (χ4v) is 2.26. The number of hydrogen-bond donors (Lipinski definition) is 1. The van der Waals surface area contributed by atoms with Crippen LogP contribution in [-0.2, 0) is 4.79 Å². The van der Waals surface area contributed by atoms with E-state index in [0.717, 1.165) is 0 Å². The third-order valence-corrected chi connectivity index (χ3v) is 3.42. The first-order valence-electron chi connectivity index (χ1n) is 6.49. The number of carbonyl (C=O) groups is 1. The predicted molar refractivity (Wildman–Crippen MR) is 84.0 cm³/mol. The van der Waals surface area contributed by atoms with E-state index in [-0.39, 0.29) is 17.1 Å². The first-order chi connectivity index (χ1) is 11.5. The summed E-state index contributed by atoms with van der Waals surface area (Å²) < 4.78 is 33.9. The second-order valence-electron chi connectivity index (χ2n) is 4.25. The maximum Gasteiger partial charge on any atom is 0.387 e. The second-order valence-corrected chi connectivity index (χ2v) is 5.14. The molecule has 0 atom stereocenters. The molecule has 124 valence electrons. The van der Waals surface area contributed by atoms with Crippen molar-refractivity contribution in [3.05, 3.63) is 40.9 Å². The highest BCUT2D eigenvalue weighted by molar-refractivity contribution is 7.13. The Bertz CT molecular complexity index is 786. The minimum Gasteiger partial charge on any atom is -0.493 e. The van der Waals surface area contributed by atoms with Crippen LogP contribution in [0.5, 0.6) is 11.5 Å². The fourth-order valence-electron chi connectivity index (χ4n) is 1.73. The number of amides is 1. The monoisotopic (exact) mass is 351 g/mol. The molecule has 1 amide bonds. The summed E-state index contributed by atoms with van der Waals surface area (Å²) >= 11 is 1.21. The number of benzene rings is 1. The molecule has 2 aromatic rings. The number of anilines is 1. The summed E-state index contributed by atoms with van der Waals surface area (Å²) in [5, 5.41) is 13.7. The van der Waals surface area contributed by atoms with Crippen LogP contribution >= 0.6 is 11.3 Å². The third-order valence-electron chi connectivity index (χ3n) is 2.73. The standard InChI is InChI=1S/C15H11F2N3O3S/c1-22-12-7-9(2-3-11(12)23-14(16)17)6-10(8-18)13(21)20-15-19-4-5-24-15/h2-7,14H,1H3,(H,19,20,21)/b10-6+. The van der Waals surface area contributed by atoms with E-state index in [9.17, 15) is 13.6 Å². The number of halogens is 2. The lowest BCUT2D eigenvalue weighted by molar-refractivity contribution is -0.112. The topological polar surface area (TPSA) is 84.2 Å². The van der Waals surface area contributed by atoms with Gasteiger partial charge in [0.15, 0.2) is 16.6 Å². The van der Waals surface area contributed by atoms with Crippen molar-refractivity contribution in [2.75, 3.05) is 12.4 Å². The molecule has 0 bridgehead atoms. The molecule has 6 nitrogen and oxygen atoms in total. The summed E-state index contributed by atoms with van der Waals surface area (Å²) in [6, 6.07) is 5.85. The van der Waals surface area contributed by atoms with Crippen LogP contribution in [0.15, 0.2) is 35.3 Å². The van der Waals surface area contributed by atoms with E-state index in [1.54, 1.807) is 11.4 Å². The molecule has 0 radical (unpaired) electrons. The number of methoxy groups -OCH3 is 1. The van der Waals surface area contributed by atoms with Gasteiger partial charge in [0.05, 0.1) is 7.11 Å². The average Bonchev–Trinajstić information content (AvgIpc) is 3.06. The van der Waals surface area contributed by atoms with Gasteiger partial charge in [-0.25, -0.2) is 4.98 Å². The molecule has 0 aliphatic carbocycles. The smallest absolute Gasteiger partial charge is 0.387 e. The number of aromatic nitrogens is 1. The zero-order valence-corrected chi connectivity index (χ0v) is 13.1. The third kappa shape index (κ3) is 4.50. The van der Waals surface area contributed by atoms with E-state index >= 15 is 0 Å². The molecule has 0 saturated heterocycles. The molecule has 1 heterocycles. The van der Waals surface area contributed by atoms with E-state index in [1.165, 1.54) is 48.9 Å². The molecule has 0 fully saturated rings. The van der Waals surface area contributed by atoms with Gasteiger partial charge in [0.25, 0.3) is 5.91 Å². The normalized spacial score (nSPS) is 11.0. The van der Waals surface area contributed by atoms with Gasteiger partial charge in [-0.3, -0.25) is 10.1 Å². The van der Waals surface area contributed by atoms with Gasteiger partial charge in [-0.05, 0) is 23.8 Å². The van der Waals surface area contributed by atoms with Crippen molar-refractivity contribution in [2.45, 2.75) is 6.61 Å². The van der Waals surface area contributed by atoms with Crippen molar-refractivity contribution in [1.29, 1.82) is 5.26 Å². The molecule has 1 aromatic carbocycles. The lowest BCUT2D eigenvalue weighted by Gasteiger charge is -2.10. The Hall–Kier alpha value is -2.99. The summed E-state index contributed by atoms with van der Waals surface area (Å²) in [6.45, 7) is -2.99. The quantitative estimate of drug-likeness (QED) is 0.638. The second kappa shape index (κ2) is 8.03. The van der Waals surface area contributed by atoms with Crippen molar-refractivity contribution in [3.8, 4) is 17.6 Å². The van der Waals surface area contributed by atoms with Gasteiger partial charge in [-0.1, -0.05) is 6.07 Å². The first-order valence-corrected chi connectivity index (χ1v) is 7.37. The number of rotatable bonds is 6. The summed E-state index contributed by atoms with van der Waals surface area (Å²) in [7, 11) is 1.29. The van der Waals surface area contributed by atoms with E-state index in [2.05, 4.69) is 15.0 Å². The largest absolute Gasteiger partial charge is 0.493 e. The number of thiazole rings is 1. The minimum atomic E-state index is -2.99. The predicted octanol–water partition coefficient (Wildman–Crippen LogP) is 3.30. The molecule has 0 spiro atoms. The SMILES string of the molecule is COc1cc(/C=C(\C#N)C(=O)Nc2nccs2)ccc1OC(F)F. The van der Waals surface area contributed by atoms with Gasteiger partial charge in [-0.15, -0.1) is 11.3 Å². The Morgan fingerprint density at radius 2 is 2.25 bits per heavy atom. The van der Waals surface area contributed by atoms with Gasteiger partial charge in [0, 0.05) is 11.6 Å². The van der Waals surface area contributed by atoms with Crippen molar-refractivity contribution in [2.24, 2.45) is 0 Å². The van der Waals surface area contributed by atoms with E-state index < -0.39 is 12.5 Å². The molecule has 9 heteroatoms. The maximum atomic E-state index is 12.3. The molecular formula is C15H11F2N3O3S. The lowest BCUT2D eigenvalue weighted by Crippen LogP contribution is -2.13. The Morgan fingerprint density at radius 3 is 2.83 bits per heavy atom. The molecule has 24 heavy (non-hydrogen) atoms. The summed E-state index contributed by atoms with van der Waals surface area (Å²) in [5.41, 5.74) is 0.245. The minimum absolute atomic E-state index is 0.0571. The number of nitrogens with one attached hydrogen (secondary N) is 1. The average molecular weight is 351 g/mol. The highest BCUT2D eigenvalue weighted by Crippen LogP contribution is 2.30. The number of nitrogens with zero attached hydrogens (tertiary/aromatic N) is 2. The van der Waals surface area contributed by atoms with Crippen molar-refractivity contribution in [3.63, 3.8) is 0 Å². The highest BCUT2D eigenvalue weighted by Gasteiger charge is 2.13. The summed E-state index contributed by atoms with van der Waals surface area (Å²) in [4.78, 5) is 15.9. The van der Waals surface area contributed by atoms with Crippen LogP contribution in [0.1, 0.15) is 5.56 Å². The summed E-state index contributed by atoms with van der Waals surface area (Å²) in [6.07, 6.45) is 2.82.